The molecule has 2 fully saturated rings. The van der Waals surface area contributed by atoms with Crippen molar-refractivity contribution in [3.63, 3.8) is 0 Å². The topological polar surface area (TPSA) is 32.8 Å². The average Bonchev–Trinajstić information content (AvgIpc) is 2.68. The minimum Gasteiger partial charge on any atom is -0.379 e. The van der Waals surface area contributed by atoms with Gasteiger partial charge < -0.3 is 9.64 Å². The Morgan fingerprint density at radius 2 is 1.75 bits per heavy atom. The molecule has 4 nitrogen and oxygen atoms in total. The lowest BCUT2D eigenvalue weighted by molar-refractivity contribution is -0.000951. The number of morpholine rings is 1. The van der Waals surface area contributed by atoms with Gasteiger partial charge in [0.1, 0.15) is 0 Å². The van der Waals surface area contributed by atoms with Gasteiger partial charge in [-0.05, 0) is 56.2 Å². The van der Waals surface area contributed by atoms with Gasteiger partial charge >= 0.3 is 0 Å². The average molecular weight is 349 g/mol. The summed E-state index contributed by atoms with van der Waals surface area (Å²) in [7, 11) is 0. The van der Waals surface area contributed by atoms with E-state index in [-0.39, 0.29) is 5.91 Å². The summed E-state index contributed by atoms with van der Waals surface area (Å²) < 4.78 is 5.46. The van der Waals surface area contributed by atoms with E-state index in [1.165, 1.54) is 4.90 Å². The van der Waals surface area contributed by atoms with Crippen LogP contribution in [0.5, 0.6) is 0 Å². The molecule has 1 atom stereocenters. The van der Waals surface area contributed by atoms with Gasteiger partial charge in [-0.3, -0.25) is 9.69 Å². The molecule has 2 saturated heterocycles. The number of carbonyl (C=O) groups is 1. The zero-order valence-electron chi connectivity index (χ0n) is 14.7. The molecule has 24 heavy (non-hydrogen) atoms. The molecule has 2 aliphatic rings. The Balaban J connectivity index is 1.53. The summed E-state index contributed by atoms with van der Waals surface area (Å²) in [5.41, 5.74) is 0.812. The van der Waals surface area contributed by atoms with E-state index in [1.54, 1.807) is 11.8 Å². The van der Waals surface area contributed by atoms with E-state index in [1.807, 2.05) is 29.2 Å². The summed E-state index contributed by atoms with van der Waals surface area (Å²) in [6.45, 7) is 7.89. The van der Waals surface area contributed by atoms with E-state index in [0.29, 0.717) is 12.0 Å². The lowest BCUT2D eigenvalue weighted by Crippen LogP contribution is -2.49. The van der Waals surface area contributed by atoms with Crippen LogP contribution in [0, 0.1) is 5.92 Å². The van der Waals surface area contributed by atoms with Crippen LogP contribution in [0.25, 0.3) is 0 Å². The highest BCUT2D eigenvalue weighted by Crippen LogP contribution is 2.26. The first-order valence-corrected chi connectivity index (χ1v) is 10.2. The van der Waals surface area contributed by atoms with Crippen LogP contribution >= 0.6 is 11.8 Å². The lowest BCUT2D eigenvalue weighted by atomic mass is 9.89. The van der Waals surface area contributed by atoms with Gasteiger partial charge in [-0.25, -0.2) is 0 Å². The largest absolute Gasteiger partial charge is 0.379 e. The SMILES string of the molecule is CSc1ccc(C(=O)N2CCC([C@@H](C)N3CCOCC3)CC2)cc1. The van der Waals surface area contributed by atoms with Gasteiger partial charge in [-0.1, -0.05) is 0 Å². The number of rotatable bonds is 4. The standard InChI is InChI=1S/C19H28N2O2S/c1-15(20-11-13-23-14-12-20)16-7-9-21(10-8-16)19(22)17-3-5-18(24-2)6-4-17/h3-6,15-16H,7-14H2,1-2H3/t15-/m1/s1. The third kappa shape index (κ3) is 4.13. The number of nitrogens with zero attached hydrogens (tertiary/aromatic N) is 2. The molecule has 0 N–H and O–H groups in total. The summed E-state index contributed by atoms with van der Waals surface area (Å²) in [5, 5.41) is 0. The Morgan fingerprint density at radius 3 is 2.33 bits per heavy atom. The number of carbonyl (C=O) groups excluding carboxylic acids is 1. The highest BCUT2D eigenvalue weighted by molar-refractivity contribution is 7.98. The van der Waals surface area contributed by atoms with Crippen molar-refractivity contribution in [1.29, 1.82) is 0 Å². The molecule has 132 valence electrons. The maximum Gasteiger partial charge on any atom is 0.253 e. The lowest BCUT2D eigenvalue weighted by Gasteiger charge is -2.41. The molecule has 0 saturated carbocycles. The Hall–Kier alpha value is -1.04. The molecule has 0 bridgehead atoms. The zero-order chi connectivity index (χ0) is 16.9. The second-order valence-electron chi connectivity index (χ2n) is 6.75. The van der Waals surface area contributed by atoms with E-state index in [4.69, 9.17) is 4.74 Å². The van der Waals surface area contributed by atoms with Crippen molar-refractivity contribution in [2.24, 2.45) is 5.92 Å². The summed E-state index contributed by atoms with van der Waals surface area (Å²) in [4.78, 5) is 18.4. The number of hydrogen-bond donors (Lipinski definition) is 0. The predicted molar refractivity (Wildman–Crippen MR) is 98.7 cm³/mol. The van der Waals surface area contributed by atoms with E-state index >= 15 is 0 Å². The molecular formula is C19H28N2O2S. The third-order valence-corrected chi connectivity index (χ3v) is 6.21. The first kappa shape index (κ1) is 17.8. The van der Waals surface area contributed by atoms with Crippen LogP contribution in [0.3, 0.4) is 0 Å². The predicted octanol–water partition coefficient (Wildman–Crippen LogP) is 2.98. The van der Waals surface area contributed by atoms with E-state index in [0.717, 1.165) is 57.8 Å². The Bertz CT molecular complexity index is 535. The van der Waals surface area contributed by atoms with Gasteiger partial charge in [0.15, 0.2) is 0 Å². The number of piperidine rings is 1. The van der Waals surface area contributed by atoms with Crippen molar-refractivity contribution in [2.75, 3.05) is 45.6 Å². The van der Waals surface area contributed by atoms with Crippen LogP contribution < -0.4 is 0 Å². The normalized spacial score (nSPS) is 21.7. The molecule has 5 heteroatoms. The van der Waals surface area contributed by atoms with Gasteiger partial charge in [-0.2, -0.15) is 0 Å². The molecule has 0 unspecified atom stereocenters. The molecule has 3 rings (SSSR count). The van der Waals surface area contributed by atoms with E-state index in [2.05, 4.69) is 18.1 Å². The van der Waals surface area contributed by atoms with Crippen LogP contribution in [-0.2, 0) is 4.74 Å². The van der Waals surface area contributed by atoms with Crippen molar-refractivity contribution < 1.29 is 9.53 Å². The van der Waals surface area contributed by atoms with E-state index < -0.39 is 0 Å². The monoisotopic (exact) mass is 348 g/mol. The number of benzene rings is 1. The third-order valence-electron chi connectivity index (χ3n) is 5.47. The fourth-order valence-electron chi connectivity index (χ4n) is 3.78. The van der Waals surface area contributed by atoms with Crippen LogP contribution in [0.4, 0.5) is 0 Å². The van der Waals surface area contributed by atoms with Crippen molar-refractivity contribution in [1.82, 2.24) is 9.80 Å². The van der Waals surface area contributed by atoms with Crippen LogP contribution in [-0.4, -0.2) is 67.4 Å². The first-order valence-electron chi connectivity index (χ1n) is 8.94. The molecule has 2 heterocycles. The number of likely N-dealkylation sites (tertiary alicyclic amines) is 1. The molecule has 2 aliphatic heterocycles. The molecule has 1 amide bonds. The second-order valence-corrected chi connectivity index (χ2v) is 7.63. The van der Waals surface area contributed by atoms with Crippen molar-refractivity contribution in [2.45, 2.75) is 30.7 Å². The fourth-order valence-corrected chi connectivity index (χ4v) is 4.19. The van der Waals surface area contributed by atoms with E-state index in [9.17, 15) is 4.79 Å². The Morgan fingerprint density at radius 1 is 1.12 bits per heavy atom. The quantitative estimate of drug-likeness (QED) is 0.783. The number of amides is 1. The Kier molecular flexibility index (Phi) is 6.19. The van der Waals surface area contributed by atoms with Crippen molar-refractivity contribution >= 4 is 17.7 Å². The number of ether oxygens (including phenoxy) is 1. The summed E-state index contributed by atoms with van der Waals surface area (Å²) in [6.07, 6.45) is 4.26. The fraction of sp³-hybridized carbons (Fsp3) is 0.632. The number of hydrogen-bond acceptors (Lipinski definition) is 4. The maximum absolute atomic E-state index is 12.7. The van der Waals surface area contributed by atoms with Crippen molar-refractivity contribution in [3.8, 4) is 0 Å². The molecule has 0 spiro atoms. The van der Waals surface area contributed by atoms with Crippen molar-refractivity contribution in [3.05, 3.63) is 29.8 Å². The highest BCUT2D eigenvalue weighted by atomic mass is 32.2. The molecule has 0 aromatic heterocycles. The smallest absolute Gasteiger partial charge is 0.253 e. The van der Waals surface area contributed by atoms with Crippen LogP contribution in [0.2, 0.25) is 0 Å². The summed E-state index contributed by atoms with van der Waals surface area (Å²) in [6, 6.07) is 8.57. The van der Waals surface area contributed by atoms with Gasteiger partial charge in [0.2, 0.25) is 0 Å². The first-order chi connectivity index (χ1) is 11.7. The van der Waals surface area contributed by atoms with Gasteiger partial charge in [0.25, 0.3) is 5.91 Å². The minimum atomic E-state index is 0.181. The van der Waals surface area contributed by atoms with Gasteiger partial charge in [-0.15, -0.1) is 11.8 Å². The molecule has 1 aromatic rings. The minimum absolute atomic E-state index is 0.181. The zero-order valence-corrected chi connectivity index (χ0v) is 15.6. The molecule has 1 aromatic carbocycles. The van der Waals surface area contributed by atoms with Crippen LogP contribution in [0.1, 0.15) is 30.1 Å². The summed E-state index contributed by atoms with van der Waals surface area (Å²) in [5.74, 6) is 0.867. The van der Waals surface area contributed by atoms with Gasteiger partial charge in [0.05, 0.1) is 13.2 Å². The molecule has 0 radical (unpaired) electrons. The molecular weight excluding hydrogens is 320 g/mol. The number of thioether (sulfide) groups is 1. The van der Waals surface area contributed by atoms with Crippen LogP contribution in [0.15, 0.2) is 29.2 Å². The molecule has 0 aliphatic carbocycles. The second kappa shape index (κ2) is 8.37. The Labute approximate surface area is 149 Å². The summed E-state index contributed by atoms with van der Waals surface area (Å²) >= 11 is 1.70. The van der Waals surface area contributed by atoms with Gasteiger partial charge in [0, 0.05) is 42.7 Å². The maximum atomic E-state index is 12.7. The highest BCUT2D eigenvalue weighted by Gasteiger charge is 2.30.